The van der Waals surface area contributed by atoms with Crippen LogP contribution in [-0.2, 0) is 9.53 Å². The van der Waals surface area contributed by atoms with E-state index in [1.54, 1.807) is 11.8 Å². The number of carbonyl (C=O) groups is 1. The molecule has 0 bridgehead atoms. The number of hydrogen-bond donors (Lipinski definition) is 2. The van der Waals surface area contributed by atoms with E-state index in [0.717, 1.165) is 26.1 Å². The van der Waals surface area contributed by atoms with Crippen LogP contribution < -0.4 is 10.6 Å². The molecule has 2 heterocycles. The second-order valence-electron chi connectivity index (χ2n) is 5.49. The molecule has 2 atom stereocenters. The van der Waals surface area contributed by atoms with Crippen molar-refractivity contribution >= 4 is 17.7 Å². The average Bonchev–Trinajstić information content (AvgIpc) is 2.68. The Morgan fingerprint density at radius 1 is 1.50 bits per heavy atom. The minimum Gasteiger partial charge on any atom is -0.376 e. The molecular weight excluding hydrogens is 248 g/mol. The van der Waals surface area contributed by atoms with Gasteiger partial charge in [-0.3, -0.25) is 4.79 Å². The van der Waals surface area contributed by atoms with Gasteiger partial charge in [-0.2, -0.15) is 0 Å². The van der Waals surface area contributed by atoms with Crippen LogP contribution in [0.4, 0.5) is 0 Å². The Hall–Kier alpha value is -0.260. The molecule has 0 aromatic rings. The van der Waals surface area contributed by atoms with Crippen molar-refractivity contribution in [1.82, 2.24) is 10.6 Å². The van der Waals surface area contributed by atoms with Gasteiger partial charge < -0.3 is 15.4 Å². The Labute approximate surface area is 114 Å². The highest BCUT2D eigenvalue weighted by atomic mass is 32.2. The third kappa shape index (κ3) is 3.62. The Bertz CT molecular complexity index is 295. The standard InChI is InChI=1S/C13H24N2O2S/c1-10-13(2,5-8-17-10)15-12(16)9-18-11-3-6-14-7-4-11/h10-11,14H,3-9H2,1-2H3,(H,15,16). The van der Waals surface area contributed by atoms with E-state index < -0.39 is 0 Å². The number of piperidine rings is 1. The first-order valence-corrected chi connectivity index (χ1v) is 7.90. The molecule has 0 radical (unpaired) electrons. The van der Waals surface area contributed by atoms with Crippen molar-refractivity contribution in [1.29, 1.82) is 0 Å². The molecule has 5 heteroatoms. The SMILES string of the molecule is CC1OCCC1(C)NC(=O)CSC1CCNCC1. The minimum absolute atomic E-state index is 0.116. The van der Waals surface area contributed by atoms with E-state index in [0.29, 0.717) is 11.0 Å². The summed E-state index contributed by atoms with van der Waals surface area (Å²) in [5, 5.41) is 7.13. The molecule has 2 aliphatic heterocycles. The first kappa shape index (κ1) is 14.2. The predicted octanol–water partition coefficient (Wildman–Crippen LogP) is 1.16. The molecule has 104 valence electrons. The number of nitrogens with one attached hydrogen (secondary N) is 2. The summed E-state index contributed by atoms with van der Waals surface area (Å²) in [6.07, 6.45) is 3.38. The van der Waals surface area contributed by atoms with E-state index in [9.17, 15) is 4.79 Å². The Balaban J connectivity index is 1.71. The summed E-state index contributed by atoms with van der Waals surface area (Å²) in [4.78, 5) is 12.0. The van der Waals surface area contributed by atoms with Gasteiger partial charge in [-0.25, -0.2) is 0 Å². The van der Waals surface area contributed by atoms with Crippen molar-refractivity contribution in [3.8, 4) is 0 Å². The Morgan fingerprint density at radius 3 is 2.83 bits per heavy atom. The van der Waals surface area contributed by atoms with Gasteiger partial charge in [0, 0.05) is 11.9 Å². The monoisotopic (exact) mass is 272 g/mol. The number of ether oxygens (including phenoxy) is 1. The topological polar surface area (TPSA) is 50.4 Å². The molecule has 1 amide bonds. The number of rotatable bonds is 4. The molecule has 4 nitrogen and oxygen atoms in total. The van der Waals surface area contributed by atoms with Crippen molar-refractivity contribution in [2.24, 2.45) is 0 Å². The third-order valence-electron chi connectivity index (χ3n) is 4.05. The van der Waals surface area contributed by atoms with Crippen LogP contribution in [0.25, 0.3) is 0 Å². The fraction of sp³-hybridized carbons (Fsp3) is 0.923. The smallest absolute Gasteiger partial charge is 0.230 e. The zero-order valence-electron chi connectivity index (χ0n) is 11.3. The molecule has 0 aromatic heterocycles. The van der Waals surface area contributed by atoms with Crippen LogP contribution in [0.3, 0.4) is 0 Å². The Kier molecular flexibility index (Phi) is 4.92. The maximum atomic E-state index is 12.0. The lowest BCUT2D eigenvalue weighted by molar-refractivity contribution is -0.120. The summed E-state index contributed by atoms with van der Waals surface area (Å²) >= 11 is 1.80. The van der Waals surface area contributed by atoms with Gasteiger partial charge in [0.25, 0.3) is 0 Å². The van der Waals surface area contributed by atoms with Gasteiger partial charge in [-0.05, 0) is 46.2 Å². The molecule has 2 aliphatic rings. The highest BCUT2D eigenvalue weighted by Gasteiger charge is 2.38. The van der Waals surface area contributed by atoms with Crippen LogP contribution in [0, 0.1) is 0 Å². The minimum atomic E-state index is -0.175. The summed E-state index contributed by atoms with van der Waals surface area (Å²) < 4.78 is 5.53. The number of thioether (sulfide) groups is 1. The molecule has 0 saturated carbocycles. The average molecular weight is 272 g/mol. The molecule has 0 aromatic carbocycles. The fourth-order valence-electron chi connectivity index (χ4n) is 2.51. The van der Waals surface area contributed by atoms with Crippen molar-refractivity contribution in [3.05, 3.63) is 0 Å². The molecular formula is C13H24N2O2S. The van der Waals surface area contributed by atoms with E-state index in [2.05, 4.69) is 17.6 Å². The Morgan fingerprint density at radius 2 is 2.22 bits per heavy atom. The number of amides is 1. The van der Waals surface area contributed by atoms with E-state index in [1.807, 2.05) is 6.92 Å². The lowest BCUT2D eigenvalue weighted by Gasteiger charge is -2.29. The van der Waals surface area contributed by atoms with Gasteiger partial charge >= 0.3 is 0 Å². The van der Waals surface area contributed by atoms with Crippen LogP contribution >= 0.6 is 11.8 Å². The molecule has 0 spiro atoms. The molecule has 0 aliphatic carbocycles. The van der Waals surface area contributed by atoms with Gasteiger partial charge in [-0.15, -0.1) is 11.8 Å². The predicted molar refractivity (Wildman–Crippen MR) is 74.9 cm³/mol. The summed E-state index contributed by atoms with van der Waals surface area (Å²) in [5.41, 5.74) is -0.175. The molecule has 18 heavy (non-hydrogen) atoms. The van der Waals surface area contributed by atoms with Crippen LogP contribution in [-0.4, -0.2) is 48.2 Å². The maximum absolute atomic E-state index is 12.0. The van der Waals surface area contributed by atoms with Crippen LogP contribution in [0.5, 0.6) is 0 Å². The lowest BCUT2D eigenvalue weighted by atomic mass is 9.95. The lowest BCUT2D eigenvalue weighted by Crippen LogP contribution is -2.51. The second-order valence-corrected chi connectivity index (χ2v) is 6.78. The zero-order chi connectivity index (χ0) is 13.0. The molecule has 2 N–H and O–H groups in total. The van der Waals surface area contributed by atoms with Gasteiger partial charge in [-0.1, -0.05) is 0 Å². The molecule has 2 unspecified atom stereocenters. The molecule has 2 fully saturated rings. The van der Waals surface area contributed by atoms with E-state index in [4.69, 9.17) is 4.74 Å². The van der Waals surface area contributed by atoms with Gasteiger partial charge in [0.05, 0.1) is 17.4 Å². The summed E-state index contributed by atoms with van der Waals surface area (Å²) in [6.45, 7) is 7.04. The van der Waals surface area contributed by atoms with Crippen molar-refractivity contribution in [3.63, 3.8) is 0 Å². The van der Waals surface area contributed by atoms with E-state index >= 15 is 0 Å². The van der Waals surface area contributed by atoms with Crippen LogP contribution in [0.1, 0.15) is 33.1 Å². The highest BCUT2D eigenvalue weighted by molar-refractivity contribution is 8.00. The second kappa shape index (κ2) is 6.26. The van der Waals surface area contributed by atoms with Crippen molar-refractivity contribution in [2.75, 3.05) is 25.4 Å². The molecule has 2 saturated heterocycles. The first-order valence-electron chi connectivity index (χ1n) is 6.85. The zero-order valence-corrected chi connectivity index (χ0v) is 12.1. The normalized spacial score (nSPS) is 33.6. The fourth-order valence-corrected chi connectivity index (χ4v) is 3.54. The number of carbonyl (C=O) groups excluding carboxylic acids is 1. The van der Waals surface area contributed by atoms with Gasteiger partial charge in [0.1, 0.15) is 0 Å². The van der Waals surface area contributed by atoms with Crippen LogP contribution in [0.2, 0.25) is 0 Å². The summed E-state index contributed by atoms with van der Waals surface area (Å²) in [7, 11) is 0. The largest absolute Gasteiger partial charge is 0.376 e. The van der Waals surface area contributed by atoms with Gasteiger partial charge in [0.15, 0.2) is 0 Å². The quantitative estimate of drug-likeness (QED) is 0.806. The van der Waals surface area contributed by atoms with E-state index in [-0.39, 0.29) is 17.6 Å². The molecule has 2 rings (SSSR count). The summed E-state index contributed by atoms with van der Waals surface area (Å²) in [6, 6.07) is 0. The van der Waals surface area contributed by atoms with Crippen molar-refractivity contribution in [2.45, 2.75) is 50.0 Å². The third-order valence-corrected chi connectivity index (χ3v) is 5.42. The van der Waals surface area contributed by atoms with Crippen molar-refractivity contribution < 1.29 is 9.53 Å². The van der Waals surface area contributed by atoms with E-state index in [1.165, 1.54) is 12.8 Å². The number of hydrogen-bond acceptors (Lipinski definition) is 4. The highest BCUT2D eigenvalue weighted by Crippen LogP contribution is 2.26. The summed E-state index contributed by atoms with van der Waals surface area (Å²) in [5.74, 6) is 0.728. The van der Waals surface area contributed by atoms with Crippen LogP contribution in [0.15, 0.2) is 0 Å². The van der Waals surface area contributed by atoms with Gasteiger partial charge in [0.2, 0.25) is 5.91 Å². The maximum Gasteiger partial charge on any atom is 0.230 e. The first-order chi connectivity index (χ1) is 8.60.